The molecule has 130 heavy (non-hydrogen) atoms. The highest BCUT2D eigenvalue weighted by Gasteiger charge is 2.30. The first-order valence-corrected chi connectivity index (χ1v) is 45.0. The lowest BCUT2D eigenvalue weighted by molar-refractivity contribution is 1.17. The van der Waals surface area contributed by atoms with E-state index in [0.29, 0.717) is 0 Å². The van der Waals surface area contributed by atoms with Crippen LogP contribution >= 0.6 is 0 Å². The van der Waals surface area contributed by atoms with Crippen LogP contribution in [-0.4, -0.2) is 9.13 Å². The van der Waals surface area contributed by atoms with E-state index in [1.165, 1.54) is 207 Å². The summed E-state index contributed by atoms with van der Waals surface area (Å²) < 4.78 is 4.78. The Morgan fingerprint density at radius 2 is 0.385 bits per heavy atom. The molecule has 0 aliphatic rings. The molecule has 26 rings (SSSR count). The monoisotopic (exact) mass is 1650 g/mol. The molecule has 4 nitrogen and oxygen atoms in total. The van der Waals surface area contributed by atoms with E-state index in [9.17, 15) is 0 Å². The number of hydrogen-bond donors (Lipinski definition) is 0. The minimum absolute atomic E-state index is 1.09. The van der Waals surface area contributed by atoms with Gasteiger partial charge in [-0.2, -0.15) is 0 Å². The summed E-state index contributed by atoms with van der Waals surface area (Å²) in [7, 11) is 0. The maximum atomic E-state index is 2.47. The van der Waals surface area contributed by atoms with E-state index < -0.39 is 0 Å². The van der Waals surface area contributed by atoms with Gasteiger partial charge in [-0.15, -0.1) is 0 Å². The average molecular weight is 1650 g/mol. The maximum Gasteiger partial charge on any atom is 0.0618 e. The first-order chi connectivity index (χ1) is 64.4. The van der Waals surface area contributed by atoms with Gasteiger partial charge in [-0.25, -0.2) is 0 Å². The van der Waals surface area contributed by atoms with Gasteiger partial charge in [-0.3, -0.25) is 0 Å². The quantitative estimate of drug-likeness (QED) is 0.113. The van der Waals surface area contributed by atoms with Crippen LogP contribution in [0.5, 0.6) is 0 Å². The molecule has 0 unspecified atom stereocenters. The van der Waals surface area contributed by atoms with Crippen LogP contribution in [0.4, 0.5) is 34.1 Å². The minimum atomic E-state index is 1.09. The fourth-order valence-electron chi connectivity index (χ4n) is 21.5. The molecule has 0 aliphatic carbocycles. The Hall–Kier alpha value is -16.9. The van der Waals surface area contributed by atoms with Crippen LogP contribution in [0, 0.1) is 13.8 Å². The molecule has 0 aliphatic heterocycles. The molecule has 0 fully saturated rings. The molecule has 0 radical (unpaired) electrons. The maximum absolute atomic E-state index is 2.47. The number of hydrogen-bond acceptors (Lipinski definition) is 2. The lowest BCUT2D eigenvalue weighted by Crippen LogP contribution is -2.11. The van der Waals surface area contributed by atoms with Crippen molar-refractivity contribution in [3.8, 4) is 55.9 Å². The molecule has 2 heterocycles. The van der Waals surface area contributed by atoms with Crippen molar-refractivity contribution >= 4 is 185 Å². The third-order valence-corrected chi connectivity index (χ3v) is 27.1. The number of rotatable bonds is 12. The van der Waals surface area contributed by atoms with Crippen LogP contribution in [0.3, 0.4) is 0 Å². The van der Waals surface area contributed by atoms with Crippen LogP contribution in [-0.2, 0) is 0 Å². The molecule has 608 valence electrons. The zero-order valence-electron chi connectivity index (χ0n) is 71.8. The minimum Gasteiger partial charge on any atom is -0.309 e. The molecule has 26 aromatic rings. The van der Waals surface area contributed by atoms with Crippen molar-refractivity contribution in [2.24, 2.45) is 0 Å². The second-order valence-electron chi connectivity index (χ2n) is 34.6. The van der Waals surface area contributed by atoms with Crippen LogP contribution in [0.15, 0.2) is 473 Å². The summed E-state index contributed by atoms with van der Waals surface area (Å²) in [6.45, 7) is 4.43. The molecule has 0 spiro atoms. The third kappa shape index (κ3) is 12.3. The van der Waals surface area contributed by atoms with Crippen LogP contribution in [0.1, 0.15) is 11.1 Å². The number of aromatic nitrogens is 2. The summed E-state index contributed by atoms with van der Waals surface area (Å²) in [5.74, 6) is 0. The average Bonchev–Trinajstić information content (AvgIpc) is 0.828. The summed E-state index contributed by atoms with van der Waals surface area (Å²) in [6.07, 6.45) is 0. The second-order valence-corrected chi connectivity index (χ2v) is 34.6. The first-order valence-electron chi connectivity index (χ1n) is 45.0. The van der Waals surface area contributed by atoms with Crippen molar-refractivity contribution < 1.29 is 0 Å². The van der Waals surface area contributed by atoms with Gasteiger partial charge in [0.1, 0.15) is 0 Å². The molecule has 2 aromatic heterocycles. The van der Waals surface area contributed by atoms with Gasteiger partial charge in [-0.1, -0.05) is 375 Å². The van der Waals surface area contributed by atoms with Gasteiger partial charge < -0.3 is 18.9 Å². The van der Waals surface area contributed by atoms with Gasteiger partial charge in [-0.05, 0) is 254 Å². The fourth-order valence-corrected chi connectivity index (χ4v) is 21.5. The number of para-hydroxylation sites is 6. The molecule has 24 aromatic carbocycles. The zero-order valence-corrected chi connectivity index (χ0v) is 71.8. The molecular weight excluding hydrogens is 1570 g/mol. The SMILES string of the molecule is Cc1ccc2c(-c3c4ccccc4c(N(c4ccccc4)c4ccc(-n5c6ccccc6c6ccccc65)cc4)c4ccccc34)c3ccccc3c(-c3ccc4ccccc4c3)c2c1.Cc1ccc2c(-c3ccc4ccccc4c3)c3ccccc3c(-c3c4ccccc4c(N(c4ccccc4)c4ccc(-n5c6ccccc6c6ccccc65)cc4)c4ccccc34)c2c1. The Balaban J connectivity index is 0.000000140. The van der Waals surface area contributed by atoms with Crippen molar-refractivity contribution in [1.29, 1.82) is 0 Å². The normalized spacial score (nSPS) is 11.8. The van der Waals surface area contributed by atoms with Gasteiger partial charge >= 0.3 is 0 Å². The van der Waals surface area contributed by atoms with Gasteiger partial charge in [0.05, 0.1) is 33.4 Å². The highest BCUT2D eigenvalue weighted by atomic mass is 15.2. The molecule has 0 atom stereocenters. The summed E-state index contributed by atoms with van der Waals surface area (Å²) in [5.41, 5.74) is 26.3. The molecule has 0 amide bonds. The number of benzene rings is 24. The number of anilines is 6. The van der Waals surface area contributed by atoms with Gasteiger partial charge in [0, 0.05) is 77.2 Å². The Labute approximate surface area is 753 Å². The third-order valence-electron chi connectivity index (χ3n) is 27.1. The molecule has 4 heteroatoms. The highest BCUT2D eigenvalue weighted by molar-refractivity contribution is 6.33. The van der Waals surface area contributed by atoms with Crippen molar-refractivity contribution in [3.05, 3.63) is 484 Å². The van der Waals surface area contributed by atoms with E-state index in [0.717, 1.165) is 45.5 Å². The fraction of sp³-hybridized carbons (Fsp3) is 0.0159. The van der Waals surface area contributed by atoms with E-state index >= 15 is 0 Å². The van der Waals surface area contributed by atoms with Crippen molar-refractivity contribution in [3.63, 3.8) is 0 Å². The molecular formula is C126H84N4. The van der Waals surface area contributed by atoms with E-state index in [-0.39, 0.29) is 0 Å². The first kappa shape index (κ1) is 75.6. The molecule has 0 saturated carbocycles. The molecule has 0 N–H and O–H groups in total. The van der Waals surface area contributed by atoms with E-state index in [1.54, 1.807) is 0 Å². The standard InChI is InChI=1S/2C63H42N2/c1-41-31-38-54-57(39-41)60(44-33-32-42-17-5-6-18-43(42)40-44)50-23-7-8-24-51(50)61(54)62-52-25-9-11-27-55(52)63(56-28-12-10-26-53(56)62)64(45-19-3-2-4-20-45)46-34-36-47(37-35-46)65-58-29-15-13-21-48(58)49-22-14-16-30-59(49)65;1-41-31-38-54-57(39-41)62(51-24-8-7-23-50(51)60(54)44-33-32-42-17-5-6-18-43(42)40-44)61-52-25-9-11-27-55(52)63(56-28-12-10-26-53(56)61)64(45-19-3-2-4-20-45)46-34-36-47(37-35-46)65-58-29-15-13-21-48(58)49-22-14-16-30-59(49)65/h2*2-40H,1H3. The number of aryl methyl sites for hydroxylation is 2. The van der Waals surface area contributed by atoms with Gasteiger partial charge in [0.2, 0.25) is 0 Å². The predicted octanol–water partition coefficient (Wildman–Crippen LogP) is 35.3. The highest BCUT2D eigenvalue weighted by Crippen LogP contribution is 2.56. The van der Waals surface area contributed by atoms with Gasteiger partial charge in [0.15, 0.2) is 0 Å². The lowest BCUT2D eigenvalue weighted by Gasteiger charge is -2.30. The molecule has 0 saturated heterocycles. The summed E-state index contributed by atoms with van der Waals surface area (Å²) >= 11 is 0. The van der Waals surface area contributed by atoms with Gasteiger partial charge in [0.25, 0.3) is 0 Å². The summed E-state index contributed by atoms with van der Waals surface area (Å²) in [4.78, 5) is 4.93. The number of fused-ring (bicyclic) bond motifs is 16. The second kappa shape index (κ2) is 31.0. The van der Waals surface area contributed by atoms with Crippen LogP contribution in [0.25, 0.3) is 207 Å². The Morgan fingerprint density at radius 1 is 0.154 bits per heavy atom. The summed E-state index contributed by atoms with van der Waals surface area (Å²) in [6, 6.07) is 174. The van der Waals surface area contributed by atoms with E-state index in [2.05, 4.69) is 506 Å². The van der Waals surface area contributed by atoms with Crippen molar-refractivity contribution in [1.82, 2.24) is 9.13 Å². The molecule has 0 bridgehead atoms. The summed E-state index contributed by atoms with van der Waals surface area (Å²) in [5, 5.41) is 29.7. The topological polar surface area (TPSA) is 16.3 Å². The van der Waals surface area contributed by atoms with Crippen molar-refractivity contribution in [2.75, 3.05) is 9.80 Å². The Bertz CT molecular complexity index is 8850. The van der Waals surface area contributed by atoms with Crippen LogP contribution < -0.4 is 9.80 Å². The largest absolute Gasteiger partial charge is 0.309 e. The number of nitrogens with zero attached hydrogens (tertiary/aromatic N) is 4. The van der Waals surface area contributed by atoms with Crippen molar-refractivity contribution in [2.45, 2.75) is 13.8 Å². The zero-order chi connectivity index (χ0) is 86.0. The smallest absolute Gasteiger partial charge is 0.0618 e. The van der Waals surface area contributed by atoms with E-state index in [1.807, 2.05) is 0 Å². The predicted molar refractivity (Wildman–Crippen MR) is 557 cm³/mol. The Morgan fingerprint density at radius 3 is 0.723 bits per heavy atom. The lowest BCUT2D eigenvalue weighted by atomic mass is 9.82. The van der Waals surface area contributed by atoms with Crippen LogP contribution in [0.2, 0.25) is 0 Å². The Kier molecular flexibility index (Phi) is 18.0. The van der Waals surface area contributed by atoms with E-state index in [4.69, 9.17) is 0 Å².